The van der Waals surface area contributed by atoms with Crippen molar-refractivity contribution in [3.63, 3.8) is 0 Å². The van der Waals surface area contributed by atoms with Crippen molar-refractivity contribution >= 4 is 5.52 Å². The second-order valence-corrected chi connectivity index (χ2v) is 3.78. The summed E-state index contributed by atoms with van der Waals surface area (Å²) in [6.45, 7) is 0. The van der Waals surface area contributed by atoms with Crippen molar-refractivity contribution in [1.82, 2.24) is 19.6 Å². The van der Waals surface area contributed by atoms with Gasteiger partial charge in [-0.05, 0) is 12.1 Å². The Balaban J connectivity index is 2.09. The number of pyridine rings is 1. The van der Waals surface area contributed by atoms with E-state index in [1.165, 1.54) is 6.07 Å². The van der Waals surface area contributed by atoms with Gasteiger partial charge < -0.3 is 4.74 Å². The highest BCUT2D eigenvalue weighted by molar-refractivity contribution is 5.58. The molecule has 0 saturated carbocycles. The van der Waals surface area contributed by atoms with E-state index in [1.54, 1.807) is 30.2 Å². The first-order chi connectivity index (χ1) is 8.76. The molecular formula is C12H10N4O2. The smallest absolute Gasteiger partial charge is 0.264 e. The summed E-state index contributed by atoms with van der Waals surface area (Å²) in [6.07, 6.45) is 4.98. The van der Waals surface area contributed by atoms with Crippen LogP contribution in [0.15, 0.2) is 41.6 Å². The molecular weight excluding hydrogens is 232 g/mol. The van der Waals surface area contributed by atoms with Gasteiger partial charge in [0, 0.05) is 17.8 Å². The summed E-state index contributed by atoms with van der Waals surface area (Å²) in [5, 5.41) is 2.67. The molecule has 3 rings (SSSR count). The number of hydrogen-bond acceptors (Lipinski definition) is 4. The molecule has 0 saturated heterocycles. The van der Waals surface area contributed by atoms with Crippen LogP contribution < -0.4 is 10.3 Å². The molecule has 6 heteroatoms. The molecule has 0 atom stereocenters. The van der Waals surface area contributed by atoms with E-state index in [1.807, 2.05) is 12.1 Å². The quantitative estimate of drug-likeness (QED) is 0.730. The number of ether oxygens (including phenoxy) is 1. The maximum absolute atomic E-state index is 11.2. The monoisotopic (exact) mass is 242 g/mol. The lowest BCUT2D eigenvalue weighted by Gasteiger charge is -2.02. The number of rotatable bonds is 2. The Morgan fingerprint density at radius 2 is 2.06 bits per heavy atom. The van der Waals surface area contributed by atoms with Crippen molar-refractivity contribution in [1.29, 1.82) is 0 Å². The van der Waals surface area contributed by atoms with E-state index in [0.29, 0.717) is 11.6 Å². The Labute approximate surface area is 102 Å². The van der Waals surface area contributed by atoms with Crippen LogP contribution in [0, 0.1) is 0 Å². The Hall–Kier alpha value is -2.63. The molecule has 3 aromatic rings. The average Bonchev–Trinajstić information content (AvgIpc) is 2.78. The molecule has 0 spiro atoms. The number of nitrogens with one attached hydrogen (secondary N) is 1. The summed E-state index contributed by atoms with van der Waals surface area (Å²) >= 11 is 0. The molecule has 0 aliphatic rings. The molecule has 3 heterocycles. The number of methoxy groups -OCH3 is 1. The molecule has 0 bridgehead atoms. The van der Waals surface area contributed by atoms with Gasteiger partial charge in [0.2, 0.25) is 0 Å². The summed E-state index contributed by atoms with van der Waals surface area (Å²) < 4.78 is 6.65. The topological polar surface area (TPSA) is 72.3 Å². The van der Waals surface area contributed by atoms with Crippen LogP contribution in [-0.4, -0.2) is 26.7 Å². The summed E-state index contributed by atoms with van der Waals surface area (Å²) in [5.41, 5.74) is 1.48. The fraction of sp³-hybridized carbons (Fsp3) is 0.0833. The van der Waals surface area contributed by atoms with Gasteiger partial charge >= 0.3 is 0 Å². The predicted octanol–water partition coefficient (Wildman–Crippen LogP) is 1.09. The highest BCUT2D eigenvalue weighted by Crippen LogP contribution is 2.16. The van der Waals surface area contributed by atoms with E-state index in [-0.39, 0.29) is 5.56 Å². The third-order valence-corrected chi connectivity index (χ3v) is 2.61. The van der Waals surface area contributed by atoms with Gasteiger partial charge in [-0.15, -0.1) is 0 Å². The van der Waals surface area contributed by atoms with Crippen molar-refractivity contribution in [2.45, 2.75) is 0 Å². The van der Waals surface area contributed by atoms with Crippen molar-refractivity contribution < 1.29 is 4.74 Å². The Morgan fingerprint density at radius 1 is 1.28 bits per heavy atom. The van der Waals surface area contributed by atoms with E-state index in [2.05, 4.69) is 15.1 Å². The highest BCUT2D eigenvalue weighted by Gasteiger charge is 2.04. The number of fused-ring (bicyclic) bond motifs is 1. The third-order valence-electron chi connectivity index (χ3n) is 2.61. The van der Waals surface area contributed by atoms with Crippen LogP contribution in [0.1, 0.15) is 0 Å². The van der Waals surface area contributed by atoms with E-state index < -0.39 is 0 Å². The van der Waals surface area contributed by atoms with Crippen LogP contribution in [0.4, 0.5) is 0 Å². The molecule has 18 heavy (non-hydrogen) atoms. The van der Waals surface area contributed by atoms with Gasteiger partial charge in [-0.1, -0.05) is 0 Å². The molecule has 0 unspecified atom stereocenters. The lowest BCUT2D eigenvalue weighted by atomic mass is 10.2. The first kappa shape index (κ1) is 10.5. The molecule has 0 amide bonds. The molecule has 0 aliphatic heterocycles. The second-order valence-electron chi connectivity index (χ2n) is 3.78. The molecule has 6 nitrogen and oxygen atoms in total. The summed E-state index contributed by atoms with van der Waals surface area (Å²) in [6, 6.07) is 5.23. The van der Waals surface area contributed by atoms with Gasteiger partial charge in [0.15, 0.2) is 11.6 Å². The normalized spacial score (nSPS) is 10.7. The van der Waals surface area contributed by atoms with Crippen LogP contribution >= 0.6 is 0 Å². The maximum Gasteiger partial charge on any atom is 0.264 e. The predicted molar refractivity (Wildman–Crippen MR) is 65.6 cm³/mol. The molecule has 3 aromatic heterocycles. The van der Waals surface area contributed by atoms with Gasteiger partial charge in [0.25, 0.3) is 5.56 Å². The van der Waals surface area contributed by atoms with Crippen molar-refractivity contribution in [3.8, 4) is 17.1 Å². The van der Waals surface area contributed by atoms with Crippen LogP contribution in [0.25, 0.3) is 16.9 Å². The van der Waals surface area contributed by atoms with Gasteiger partial charge in [0.1, 0.15) is 0 Å². The number of nitrogens with zero attached hydrogens (tertiary/aromatic N) is 3. The molecule has 90 valence electrons. The minimum atomic E-state index is -0.136. The zero-order chi connectivity index (χ0) is 12.5. The van der Waals surface area contributed by atoms with Crippen LogP contribution in [0.2, 0.25) is 0 Å². The molecule has 0 radical (unpaired) electrons. The van der Waals surface area contributed by atoms with Gasteiger partial charge in [0.05, 0.1) is 25.0 Å². The standard InChI is InChI=1S/C12H10N4O2/c1-18-10-5-13-12(14-6-10)8-2-3-9-4-11(17)15-16(9)7-8/h2-7H,1H3,(H,15,17). The van der Waals surface area contributed by atoms with Crippen LogP contribution in [-0.2, 0) is 0 Å². The minimum absolute atomic E-state index is 0.136. The molecule has 0 aliphatic carbocycles. The van der Waals surface area contributed by atoms with Gasteiger partial charge in [-0.3, -0.25) is 14.4 Å². The number of hydrogen-bond donors (Lipinski definition) is 1. The number of aromatic nitrogens is 4. The Kier molecular flexibility index (Phi) is 2.33. The number of aromatic amines is 1. The minimum Gasteiger partial charge on any atom is -0.494 e. The first-order valence-corrected chi connectivity index (χ1v) is 5.34. The highest BCUT2D eigenvalue weighted by atomic mass is 16.5. The molecule has 0 fully saturated rings. The lowest BCUT2D eigenvalue weighted by Crippen LogP contribution is -1.99. The van der Waals surface area contributed by atoms with E-state index in [0.717, 1.165) is 11.1 Å². The Bertz CT molecular complexity index is 743. The van der Waals surface area contributed by atoms with E-state index in [4.69, 9.17) is 4.74 Å². The zero-order valence-corrected chi connectivity index (χ0v) is 9.62. The average molecular weight is 242 g/mol. The molecule has 0 aromatic carbocycles. The molecule has 1 N–H and O–H groups in total. The van der Waals surface area contributed by atoms with Crippen LogP contribution in [0.3, 0.4) is 0 Å². The third kappa shape index (κ3) is 1.73. The van der Waals surface area contributed by atoms with E-state index in [9.17, 15) is 4.79 Å². The fourth-order valence-electron chi connectivity index (χ4n) is 1.71. The van der Waals surface area contributed by atoms with Crippen molar-refractivity contribution in [3.05, 3.63) is 47.1 Å². The summed E-state index contributed by atoms with van der Waals surface area (Å²) in [7, 11) is 1.56. The lowest BCUT2D eigenvalue weighted by molar-refractivity contribution is 0.411. The SMILES string of the molecule is COc1cnc(-c2ccc3cc(=O)[nH]n3c2)nc1. The first-order valence-electron chi connectivity index (χ1n) is 5.34. The van der Waals surface area contributed by atoms with E-state index >= 15 is 0 Å². The van der Waals surface area contributed by atoms with Gasteiger partial charge in [-0.25, -0.2) is 9.97 Å². The summed E-state index contributed by atoms with van der Waals surface area (Å²) in [5.74, 6) is 1.18. The fourth-order valence-corrected chi connectivity index (χ4v) is 1.71. The van der Waals surface area contributed by atoms with Gasteiger partial charge in [-0.2, -0.15) is 0 Å². The second kappa shape index (κ2) is 3.99. The van der Waals surface area contributed by atoms with Crippen molar-refractivity contribution in [2.75, 3.05) is 7.11 Å². The largest absolute Gasteiger partial charge is 0.494 e. The maximum atomic E-state index is 11.2. The van der Waals surface area contributed by atoms with Crippen LogP contribution in [0.5, 0.6) is 5.75 Å². The zero-order valence-electron chi connectivity index (χ0n) is 9.62. The van der Waals surface area contributed by atoms with Crippen molar-refractivity contribution in [2.24, 2.45) is 0 Å². The number of H-pyrrole nitrogens is 1. The Morgan fingerprint density at radius 3 is 2.78 bits per heavy atom. The summed E-state index contributed by atoms with van der Waals surface area (Å²) in [4.78, 5) is 19.6.